The SMILES string of the molecule is Cl.O=C1CN(/N=C/c2ccc(-c3ccc([N+](=O)[O-])cc3)o2)C(=O)N1. The standard InChI is InChI=1S/C14H10N4O5.ClH/c19-13-8-17(14(20)16-13)15-7-11-5-6-12(23-11)9-1-3-10(4-2-9)18(21)22;/h1-7H,8H2,(H,16,19,20);1H/b15-7+;. The van der Waals surface area contributed by atoms with Gasteiger partial charge in [-0.05, 0) is 24.3 Å². The summed E-state index contributed by atoms with van der Waals surface area (Å²) in [6.45, 7) is -0.134. The summed E-state index contributed by atoms with van der Waals surface area (Å²) < 4.78 is 5.53. The molecule has 1 saturated heterocycles. The topological polar surface area (TPSA) is 118 Å². The number of furan rings is 1. The molecular weight excluding hydrogens is 340 g/mol. The average molecular weight is 351 g/mol. The van der Waals surface area contributed by atoms with Crippen molar-refractivity contribution in [3.8, 4) is 11.3 Å². The number of hydrazone groups is 1. The Morgan fingerprint density at radius 3 is 2.50 bits per heavy atom. The van der Waals surface area contributed by atoms with Gasteiger partial charge in [0.05, 0.1) is 11.1 Å². The predicted octanol–water partition coefficient (Wildman–Crippen LogP) is 2.16. The van der Waals surface area contributed by atoms with Crippen molar-refractivity contribution in [3.63, 3.8) is 0 Å². The van der Waals surface area contributed by atoms with Crippen LogP contribution in [-0.2, 0) is 4.79 Å². The van der Waals surface area contributed by atoms with Crippen molar-refractivity contribution in [2.45, 2.75) is 0 Å². The van der Waals surface area contributed by atoms with Crippen LogP contribution in [0.1, 0.15) is 5.76 Å². The Balaban J connectivity index is 0.00000208. The normalized spacial score (nSPS) is 13.9. The highest BCUT2D eigenvalue weighted by Crippen LogP contribution is 2.24. The minimum absolute atomic E-state index is 0. The van der Waals surface area contributed by atoms with Crippen molar-refractivity contribution in [2.24, 2.45) is 5.10 Å². The molecule has 3 rings (SSSR count). The fraction of sp³-hybridized carbons (Fsp3) is 0.0714. The lowest BCUT2D eigenvalue weighted by Crippen LogP contribution is -2.24. The average Bonchev–Trinajstić information content (AvgIpc) is 3.11. The van der Waals surface area contributed by atoms with Gasteiger partial charge in [-0.15, -0.1) is 12.4 Å². The number of nitrogens with zero attached hydrogens (tertiary/aromatic N) is 3. The molecule has 0 aliphatic carbocycles. The van der Waals surface area contributed by atoms with Crippen LogP contribution >= 0.6 is 12.4 Å². The number of nitrogens with one attached hydrogen (secondary N) is 1. The van der Waals surface area contributed by atoms with Crippen LogP contribution in [0.15, 0.2) is 45.9 Å². The van der Waals surface area contributed by atoms with Crippen LogP contribution in [0.2, 0.25) is 0 Å². The molecule has 1 N–H and O–H groups in total. The number of urea groups is 1. The first-order chi connectivity index (χ1) is 11.0. The van der Waals surface area contributed by atoms with E-state index in [-0.39, 0.29) is 24.6 Å². The number of benzene rings is 1. The van der Waals surface area contributed by atoms with Crippen LogP contribution < -0.4 is 5.32 Å². The van der Waals surface area contributed by atoms with E-state index in [0.29, 0.717) is 17.1 Å². The third-order valence-corrected chi connectivity index (χ3v) is 3.09. The molecule has 0 spiro atoms. The van der Waals surface area contributed by atoms with Crippen LogP contribution in [0.5, 0.6) is 0 Å². The van der Waals surface area contributed by atoms with Crippen molar-refractivity contribution in [1.82, 2.24) is 10.3 Å². The number of non-ortho nitro benzene ring substituents is 1. The largest absolute Gasteiger partial charge is 0.455 e. The van der Waals surface area contributed by atoms with E-state index in [2.05, 4.69) is 10.4 Å². The van der Waals surface area contributed by atoms with Crippen LogP contribution in [0.4, 0.5) is 10.5 Å². The molecule has 1 aromatic carbocycles. The Morgan fingerprint density at radius 2 is 1.92 bits per heavy atom. The van der Waals surface area contributed by atoms with Crippen LogP contribution in [0.3, 0.4) is 0 Å². The molecule has 0 bridgehead atoms. The van der Waals surface area contributed by atoms with Gasteiger partial charge in [-0.25, -0.2) is 9.80 Å². The Labute approximate surface area is 141 Å². The van der Waals surface area contributed by atoms with Gasteiger partial charge in [-0.1, -0.05) is 0 Å². The fourth-order valence-electron chi connectivity index (χ4n) is 1.98. The van der Waals surface area contributed by atoms with E-state index in [1.807, 2.05) is 0 Å². The summed E-state index contributed by atoms with van der Waals surface area (Å²) in [4.78, 5) is 32.5. The molecule has 9 nitrogen and oxygen atoms in total. The number of hydrogen-bond acceptors (Lipinski definition) is 6. The van der Waals surface area contributed by atoms with E-state index >= 15 is 0 Å². The van der Waals surface area contributed by atoms with Crippen LogP contribution in [-0.4, -0.2) is 34.6 Å². The zero-order valence-electron chi connectivity index (χ0n) is 12.0. The highest BCUT2D eigenvalue weighted by atomic mass is 35.5. The Hall–Kier alpha value is -3.20. The second-order valence-electron chi connectivity index (χ2n) is 4.66. The Morgan fingerprint density at radius 1 is 1.21 bits per heavy atom. The molecule has 0 saturated carbocycles. The summed E-state index contributed by atoms with van der Waals surface area (Å²) in [5.41, 5.74) is 0.663. The third kappa shape index (κ3) is 3.58. The minimum Gasteiger partial charge on any atom is -0.455 e. The second kappa shape index (κ2) is 6.92. The third-order valence-electron chi connectivity index (χ3n) is 3.09. The smallest absolute Gasteiger partial charge is 0.344 e. The van der Waals surface area contributed by atoms with Crippen molar-refractivity contribution in [2.75, 3.05) is 6.54 Å². The summed E-state index contributed by atoms with van der Waals surface area (Å²) in [6, 6.07) is 8.63. The van der Waals surface area contributed by atoms with Crippen LogP contribution in [0.25, 0.3) is 11.3 Å². The molecular formula is C14H11ClN4O5. The maximum atomic E-state index is 11.3. The van der Waals surface area contributed by atoms with Gasteiger partial charge < -0.3 is 4.42 Å². The fourth-order valence-corrected chi connectivity index (χ4v) is 1.98. The predicted molar refractivity (Wildman–Crippen MR) is 85.9 cm³/mol. The number of nitro groups is 1. The van der Waals surface area contributed by atoms with Gasteiger partial charge in [-0.2, -0.15) is 5.10 Å². The van der Waals surface area contributed by atoms with Crippen molar-refractivity contribution < 1.29 is 18.9 Å². The van der Waals surface area contributed by atoms with Crippen molar-refractivity contribution in [3.05, 3.63) is 52.3 Å². The quantitative estimate of drug-likeness (QED) is 0.392. The number of imide groups is 1. The molecule has 0 atom stereocenters. The van der Waals surface area contributed by atoms with Crippen molar-refractivity contribution >= 4 is 36.2 Å². The minimum atomic E-state index is -0.589. The van der Waals surface area contributed by atoms with Crippen LogP contribution in [0, 0.1) is 10.1 Å². The van der Waals surface area contributed by atoms with Gasteiger partial charge in [0.25, 0.3) is 5.69 Å². The highest BCUT2D eigenvalue weighted by Gasteiger charge is 2.26. The zero-order chi connectivity index (χ0) is 16.4. The van der Waals surface area contributed by atoms with Gasteiger partial charge in [0.15, 0.2) is 0 Å². The van der Waals surface area contributed by atoms with E-state index in [0.717, 1.165) is 5.01 Å². The maximum absolute atomic E-state index is 11.3. The van der Waals surface area contributed by atoms with Gasteiger partial charge in [0.1, 0.15) is 18.1 Å². The molecule has 3 amide bonds. The number of nitro benzene ring substituents is 1. The number of amides is 3. The summed E-state index contributed by atoms with van der Waals surface area (Å²) in [6.07, 6.45) is 1.31. The van der Waals surface area contributed by atoms with E-state index in [9.17, 15) is 19.7 Å². The number of carbonyl (C=O) groups excluding carboxylic acids is 2. The summed E-state index contributed by atoms with van der Waals surface area (Å²) >= 11 is 0. The molecule has 1 fully saturated rings. The van der Waals surface area contributed by atoms with E-state index in [4.69, 9.17) is 4.42 Å². The Bertz CT molecular complexity index is 815. The van der Waals surface area contributed by atoms with Gasteiger partial charge in [0, 0.05) is 17.7 Å². The second-order valence-corrected chi connectivity index (χ2v) is 4.66. The maximum Gasteiger partial charge on any atom is 0.344 e. The highest BCUT2D eigenvalue weighted by molar-refractivity contribution is 6.02. The molecule has 10 heteroatoms. The lowest BCUT2D eigenvalue weighted by Gasteiger charge is -2.02. The van der Waals surface area contributed by atoms with Gasteiger partial charge in [0.2, 0.25) is 5.91 Å². The monoisotopic (exact) mass is 350 g/mol. The Kier molecular flexibility index (Phi) is 4.95. The first-order valence-electron chi connectivity index (χ1n) is 6.53. The molecule has 24 heavy (non-hydrogen) atoms. The molecule has 1 aliphatic rings. The number of hydrogen-bond donors (Lipinski definition) is 1. The number of halogens is 1. The zero-order valence-corrected chi connectivity index (χ0v) is 12.9. The summed E-state index contributed by atoms with van der Waals surface area (Å²) in [5, 5.41) is 17.6. The first-order valence-corrected chi connectivity index (χ1v) is 6.53. The molecule has 1 aliphatic heterocycles. The van der Waals surface area contributed by atoms with E-state index < -0.39 is 16.9 Å². The van der Waals surface area contributed by atoms with Crippen molar-refractivity contribution in [1.29, 1.82) is 0 Å². The number of rotatable bonds is 4. The molecule has 0 radical (unpaired) electrons. The van der Waals surface area contributed by atoms with Gasteiger partial charge in [-0.3, -0.25) is 20.2 Å². The molecule has 2 heterocycles. The first kappa shape index (κ1) is 17.2. The molecule has 0 unspecified atom stereocenters. The van der Waals surface area contributed by atoms with Gasteiger partial charge >= 0.3 is 6.03 Å². The lowest BCUT2D eigenvalue weighted by atomic mass is 10.1. The molecule has 1 aromatic heterocycles. The summed E-state index contributed by atoms with van der Waals surface area (Å²) in [7, 11) is 0. The molecule has 124 valence electrons. The van der Waals surface area contributed by atoms with E-state index in [1.54, 1.807) is 24.3 Å². The van der Waals surface area contributed by atoms with E-state index in [1.165, 1.54) is 18.3 Å². The number of carbonyl (C=O) groups is 2. The molecule has 2 aromatic rings. The lowest BCUT2D eigenvalue weighted by molar-refractivity contribution is -0.384. The summed E-state index contributed by atoms with van der Waals surface area (Å²) in [5.74, 6) is 0.465.